The molecule has 0 aromatic rings. The minimum atomic E-state index is -0.460. The summed E-state index contributed by atoms with van der Waals surface area (Å²) in [7, 11) is 2.13. The maximum atomic E-state index is 10.7. The molecule has 0 fully saturated rings. The third kappa shape index (κ3) is 4.44. The first-order valence-corrected chi connectivity index (χ1v) is 5.94. The second-order valence-corrected chi connectivity index (χ2v) is 4.64. The van der Waals surface area contributed by atoms with Gasteiger partial charge in [0.1, 0.15) is 0 Å². The molecule has 0 saturated carbocycles. The van der Waals surface area contributed by atoms with Crippen molar-refractivity contribution in [2.24, 2.45) is 5.73 Å². The Morgan fingerprint density at radius 2 is 2.33 bits per heavy atom. The monoisotopic (exact) mass is 201 g/mol. The van der Waals surface area contributed by atoms with Crippen molar-refractivity contribution in [1.82, 2.24) is 0 Å². The Kier molecular flexibility index (Phi) is 6.45. The van der Waals surface area contributed by atoms with E-state index in [1.807, 2.05) is 0 Å². The molecule has 0 aliphatic rings. The molecule has 0 radical (unpaired) electrons. The van der Waals surface area contributed by atoms with Crippen LogP contribution in [0.3, 0.4) is 0 Å². The summed E-state index contributed by atoms with van der Waals surface area (Å²) < 4.78 is 0. The molecule has 54 valence electrons. The minimum Gasteiger partial charge on any atom is -0.320 e. The van der Waals surface area contributed by atoms with Crippen LogP contribution in [0.5, 0.6) is 0 Å². The van der Waals surface area contributed by atoms with E-state index in [1.165, 1.54) is 0 Å². The molecule has 0 bridgehead atoms. The summed E-state index contributed by atoms with van der Waals surface area (Å²) in [5.74, 6) is 0.389. The Balaban J connectivity index is 3.46. The number of hydrogen-bond acceptors (Lipinski definition) is 6. The van der Waals surface area contributed by atoms with E-state index in [4.69, 9.17) is 5.73 Å². The molecule has 0 spiro atoms. The van der Waals surface area contributed by atoms with Gasteiger partial charge in [-0.25, -0.2) is 0 Å². The fourth-order valence-electron chi connectivity index (χ4n) is 0.173. The normalized spacial score (nSPS) is 13.2. The van der Waals surface area contributed by atoms with Crippen LogP contribution in [0.1, 0.15) is 0 Å². The van der Waals surface area contributed by atoms with Gasteiger partial charge >= 0.3 is 0 Å². The molecule has 0 aromatic heterocycles. The smallest absolute Gasteiger partial charge is 0.217 e. The molecule has 2 nitrogen and oxygen atoms in total. The summed E-state index contributed by atoms with van der Waals surface area (Å²) in [6.07, 6.45) is 0. The van der Waals surface area contributed by atoms with E-state index < -0.39 is 6.04 Å². The van der Waals surface area contributed by atoms with Gasteiger partial charge < -0.3 is 5.73 Å². The highest BCUT2D eigenvalue weighted by Gasteiger charge is 2.10. The summed E-state index contributed by atoms with van der Waals surface area (Å²) >= 11 is 7.63. The maximum absolute atomic E-state index is 10.7. The van der Waals surface area contributed by atoms with Gasteiger partial charge in [0.2, 0.25) is 5.12 Å². The van der Waals surface area contributed by atoms with E-state index in [-0.39, 0.29) is 5.12 Å². The molecule has 0 amide bonds. The topological polar surface area (TPSA) is 43.1 Å². The summed E-state index contributed by atoms with van der Waals surface area (Å²) in [4.78, 5) is 10.7. The molecule has 2 N–H and O–H groups in total. The fourth-order valence-corrected chi connectivity index (χ4v) is 2.00. The summed E-state index contributed by atoms with van der Waals surface area (Å²) in [5, 5.41) is -0.0787. The molecule has 6 heteroatoms. The summed E-state index contributed by atoms with van der Waals surface area (Å²) in [5.41, 5.74) is 5.31. The highest BCUT2D eigenvalue weighted by Crippen LogP contribution is 2.26. The maximum Gasteiger partial charge on any atom is 0.217 e. The molecule has 0 aliphatic heterocycles. The van der Waals surface area contributed by atoms with Crippen molar-refractivity contribution in [1.29, 1.82) is 0 Å². The predicted octanol–water partition coefficient (Wildman–Crippen LogP) is 0.996. The Bertz CT molecular complexity index is 97.8. The lowest BCUT2D eigenvalue weighted by atomic mass is 10.4. The van der Waals surface area contributed by atoms with Crippen LogP contribution in [-0.2, 0) is 4.79 Å². The average Bonchev–Trinajstić information content (AvgIpc) is 1.87. The summed E-state index contributed by atoms with van der Waals surface area (Å²) in [6, 6.07) is -0.460. The van der Waals surface area contributed by atoms with Crippen molar-refractivity contribution in [3.8, 4) is 0 Å². The van der Waals surface area contributed by atoms with Gasteiger partial charge in [-0.05, 0) is 20.6 Å². The van der Waals surface area contributed by atoms with Crippen LogP contribution in [0.4, 0.5) is 0 Å². The van der Waals surface area contributed by atoms with Crippen molar-refractivity contribution in [3.63, 3.8) is 0 Å². The third-order valence-corrected chi connectivity index (χ3v) is 2.94. The first kappa shape index (κ1) is 10.0. The number of nitrogens with two attached hydrogens (primary N) is 1. The first-order valence-electron chi connectivity index (χ1n) is 2.10. The number of hydrogen-bond donors (Lipinski definition) is 3. The van der Waals surface area contributed by atoms with Gasteiger partial charge in [-0.15, -0.1) is 0 Å². The van der Waals surface area contributed by atoms with Gasteiger partial charge in [-0.2, -0.15) is 12.6 Å². The highest BCUT2D eigenvalue weighted by atomic mass is 33.5. The van der Waals surface area contributed by atoms with Crippen LogP contribution in [0.2, 0.25) is 0 Å². The van der Waals surface area contributed by atoms with Crippen LogP contribution in [0.15, 0.2) is 0 Å². The van der Waals surface area contributed by atoms with Gasteiger partial charge in [0.25, 0.3) is 0 Å². The number of rotatable bonds is 3. The van der Waals surface area contributed by atoms with Gasteiger partial charge in [0.05, 0.1) is 6.04 Å². The summed E-state index contributed by atoms with van der Waals surface area (Å²) in [6.45, 7) is 0. The second-order valence-electron chi connectivity index (χ2n) is 1.27. The van der Waals surface area contributed by atoms with Gasteiger partial charge in [-0.3, -0.25) is 4.79 Å². The predicted molar refractivity (Wildman–Crippen MR) is 51.0 cm³/mol. The lowest BCUT2D eigenvalue weighted by Crippen LogP contribution is -2.29. The molecule has 0 aromatic carbocycles. The van der Waals surface area contributed by atoms with Crippen LogP contribution in [-0.4, -0.2) is 16.9 Å². The van der Waals surface area contributed by atoms with Crippen molar-refractivity contribution in [2.75, 3.05) is 5.75 Å². The molecule has 0 rings (SSSR count). The third-order valence-electron chi connectivity index (χ3n) is 0.619. The Morgan fingerprint density at radius 3 is 2.67 bits per heavy atom. The van der Waals surface area contributed by atoms with Crippen molar-refractivity contribution in [3.05, 3.63) is 0 Å². The molecule has 0 aliphatic carbocycles. The molecule has 0 heterocycles. The Morgan fingerprint density at radius 1 is 1.78 bits per heavy atom. The Hall–Kier alpha value is 1.03. The zero-order valence-corrected chi connectivity index (χ0v) is 7.90. The highest BCUT2D eigenvalue weighted by molar-refractivity contribution is 9.08. The van der Waals surface area contributed by atoms with Crippen LogP contribution < -0.4 is 5.73 Å². The van der Waals surface area contributed by atoms with Gasteiger partial charge in [0.15, 0.2) is 0 Å². The standard InChI is InChI=1S/C3H7NOS4/c4-2(1-6)3(5)8-9-7/h2,6-7H,1,4H2/t2-/m0/s1. The number of carbonyl (C=O) groups is 1. The zero-order valence-electron chi connectivity index (χ0n) is 4.48. The second kappa shape index (κ2) is 5.79. The first-order chi connectivity index (χ1) is 4.22. The molecule has 9 heavy (non-hydrogen) atoms. The van der Waals surface area contributed by atoms with Crippen LogP contribution in [0.25, 0.3) is 0 Å². The van der Waals surface area contributed by atoms with Gasteiger partial charge in [-0.1, -0.05) is 11.7 Å². The van der Waals surface area contributed by atoms with E-state index in [9.17, 15) is 4.79 Å². The van der Waals surface area contributed by atoms with E-state index in [0.29, 0.717) is 5.75 Å². The van der Waals surface area contributed by atoms with Crippen LogP contribution in [0, 0.1) is 0 Å². The van der Waals surface area contributed by atoms with Crippen molar-refractivity contribution >= 4 is 50.0 Å². The quantitative estimate of drug-likeness (QED) is 0.471. The van der Waals surface area contributed by atoms with E-state index >= 15 is 0 Å². The van der Waals surface area contributed by atoms with Crippen LogP contribution >= 0.6 is 44.9 Å². The molecule has 1 atom stereocenters. The minimum absolute atomic E-state index is 0.0787. The van der Waals surface area contributed by atoms with Crippen molar-refractivity contribution in [2.45, 2.75) is 6.04 Å². The van der Waals surface area contributed by atoms with E-state index in [2.05, 4.69) is 24.3 Å². The SMILES string of the molecule is N[C@@H](CS)C(=O)SSS. The number of carbonyl (C=O) groups excluding carboxylic acids is 1. The lowest BCUT2D eigenvalue weighted by molar-refractivity contribution is -0.111. The van der Waals surface area contributed by atoms with E-state index in [0.717, 1.165) is 20.6 Å². The lowest BCUT2D eigenvalue weighted by Gasteiger charge is -2.02. The molecule has 0 unspecified atom stereocenters. The van der Waals surface area contributed by atoms with Crippen molar-refractivity contribution < 1.29 is 4.79 Å². The largest absolute Gasteiger partial charge is 0.320 e. The number of thiol groups is 2. The Labute approximate surface area is 72.3 Å². The zero-order chi connectivity index (χ0) is 7.28. The fraction of sp³-hybridized carbons (Fsp3) is 0.667. The molecular weight excluding hydrogens is 194 g/mol. The molecular formula is C3H7NOS4. The average molecular weight is 201 g/mol. The molecule has 0 saturated heterocycles. The van der Waals surface area contributed by atoms with Gasteiger partial charge in [0, 0.05) is 5.75 Å². The van der Waals surface area contributed by atoms with E-state index in [1.54, 1.807) is 0 Å².